The van der Waals surface area contributed by atoms with E-state index in [9.17, 15) is 4.79 Å². The Morgan fingerprint density at radius 2 is 1.89 bits per heavy atom. The lowest BCUT2D eigenvalue weighted by Gasteiger charge is -2.30. The Morgan fingerprint density at radius 1 is 1.17 bits per heavy atom. The fourth-order valence-electron chi connectivity index (χ4n) is 3.76. The van der Waals surface area contributed by atoms with Crippen LogP contribution in [0.15, 0.2) is 0 Å². The molecule has 2 aliphatic heterocycles. The smallest absolute Gasteiger partial charge is 0.223 e. The molecule has 18 heavy (non-hydrogen) atoms. The topological polar surface area (TPSA) is 35.6 Å². The lowest BCUT2D eigenvalue weighted by molar-refractivity contribution is -0.129. The fourth-order valence-corrected chi connectivity index (χ4v) is 3.76. The first-order chi connectivity index (χ1) is 8.83. The van der Waals surface area contributed by atoms with Crippen LogP contribution in [0, 0.1) is 5.92 Å². The zero-order valence-corrected chi connectivity index (χ0v) is 11.2. The Kier molecular flexibility index (Phi) is 3.85. The third-order valence-corrected chi connectivity index (χ3v) is 4.73. The van der Waals surface area contributed by atoms with Crippen molar-refractivity contribution in [3.63, 3.8) is 0 Å². The quantitative estimate of drug-likeness (QED) is 0.801. The fraction of sp³-hybridized carbons (Fsp3) is 0.929. The minimum Gasteiger partial charge on any atom is -0.339 e. The summed E-state index contributed by atoms with van der Waals surface area (Å²) in [6.45, 7) is 6.65. The van der Waals surface area contributed by atoms with E-state index in [1.54, 1.807) is 0 Å². The Balaban J connectivity index is 1.51. The summed E-state index contributed by atoms with van der Waals surface area (Å²) in [6, 6.07) is 0.575. The second kappa shape index (κ2) is 5.57. The maximum absolute atomic E-state index is 12.1. The molecule has 3 rings (SSSR count). The van der Waals surface area contributed by atoms with E-state index in [4.69, 9.17) is 0 Å². The second-order valence-electron chi connectivity index (χ2n) is 6.11. The standard InChI is InChI=1S/C14H25N3O/c18-14-9-12(10-16-7-5-15-6-8-16)11-17(14)13-3-1-2-4-13/h12-13,15H,1-11H2. The maximum atomic E-state index is 12.1. The summed E-state index contributed by atoms with van der Waals surface area (Å²) in [5.74, 6) is 0.998. The predicted octanol–water partition coefficient (Wildman–Crippen LogP) is 0.683. The number of carbonyl (C=O) groups is 1. The summed E-state index contributed by atoms with van der Waals surface area (Å²) in [5.41, 5.74) is 0. The van der Waals surface area contributed by atoms with Gasteiger partial charge in [-0.3, -0.25) is 4.79 Å². The van der Waals surface area contributed by atoms with Gasteiger partial charge in [-0.05, 0) is 18.8 Å². The lowest BCUT2D eigenvalue weighted by Crippen LogP contribution is -2.45. The average molecular weight is 251 g/mol. The van der Waals surface area contributed by atoms with Crippen molar-refractivity contribution in [3.05, 3.63) is 0 Å². The van der Waals surface area contributed by atoms with Crippen molar-refractivity contribution < 1.29 is 4.79 Å². The number of rotatable bonds is 3. The molecular formula is C14H25N3O. The van der Waals surface area contributed by atoms with E-state index in [2.05, 4.69) is 15.1 Å². The summed E-state index contributed by atoms with van der Waals surface area (Å²) in [7, 11) is 0. The van der Waals surface area contributed by atoms with E-state index in [0.29, 0.717) is 17.9 Å². The van der Waals surface area contributed by atoms with Crippen LogP contribution < -0.4 is 5.32 Å². The van der Waals surface area contributed by atoms with Gasteiger partial charge >= 0.3 is 0 Å². The molecule has 2 heterocycles. The van der Waals surface area contributed by atoms with Gasteiger partial charge < -0.3 is 15.1 Å². The van der Waals surface area contributed by atoms with E-state index in [1.807, 2.05) is 0 Å². The summed E-state index contributed by atoms with van der Waals surface area (Å²) >= 11 is 0. The first-order valence-corrected chi connectivity index (χ1v) is 7.55. The SMILES string of the molecule is O=C1CC(CN2CCNCC2)CN1C1CCCC1. The molecule has 3 aliphatic rings. The van der Waals surface area contributed by atoms with Crippen LogP contribution in [0.4, 0.5) is 0 Å². The third kappa shape index (κ3) is 2.69. The highest BCUT2D eigenvalue weighted by Crippen LogP contribution is 2.29. The van der Waals surface area contributed by atoms with E-state index >= 15 is 0 Å². The van der Waals surface area contributed by atoms with Crippen LogP contribution >= 0.6 is 0 Å². The molecule has 0 spiro atoms. The van der Waals surface area contributed by atoms with Gasteiger partial charge in [0.2, 0.25) is 5.91 Å². The van der Waals surface area contributed by atoms with Crippen molar-refractivity contribution in [3.8, 4) is 0 Å². The molecule has 4 nitrogen and oxygen atoms in total. The van der Waals surface area contributed by atoms with E-state index in [0.717, 1.165) is 45.7 Å². The van der Waals surface area contributed by atoms with Crippen molar-refractivity contribution in [1.29, 1.82) is 0 Å². The van der Waals surface area contributed by atoms with Crippen molar-refractivity contribution in [1.82, 2.24) is 15.1 Å². The maximum Gasteiger partial charge on any atom is 0.223 e. The predicted molar refractivity (Wildman–Crippen MR) is 71.4 cm³/mol. The molecule has 0 aromatic heterocycles. The molecule has 1 saturated carbocycles. The van der Waals surface area contributed by atoms with Crippen LogP contribution in [0.5, 0.6) is 0 Å². The highest BCUT2D eigenvalue weighted by Gasteiger charge is 2.35. The second-order valence-corrected chi connectivity index (χ2v) is 6.11. The molecule has 1 amide bonds. The van der Waals surface area contributed by atoms with Gasteiger partial charge in [0.1, 0.15) is 0 Å². The molecule has 1 unspecified atom stereocenters. The Hall–Kier alpha value is -0.610. The van der Waals surface area contributed by atoms with Crippen LogP contribution in [0.1, 0.15) is 32.1 Å². The summed E-state index contributed by atoms with van der Waals surface area (Å²) in [5, 5.41) is 3.38. The van der Waals surface area contributed by atoms with Crippen LogP contribution in [0.25, 0.3) is 0 Å². The molecule has 1 atom stereocenters. The highest BCUT2D eigenvalue weighted by molar-refractivity contribution is 5.79. The largest absolute Gasteiger partial charge is 0.339 e. The molecule has 0 bridgehead atoms. The van der Waals surface area contributed by atoms with Crippen LogP contribution in [0.2, 0.25) is 0 Å². The summed E-state index contributed by atoms with van der Waals surface area (Å²) in [4.78, 5) is 16.8. The average Bonchev–Trinajstić information content (AvgIpc) is 3.00. The molecular weight excluding hydrogens is 226 g/mol. The lowest BCUT2D eigenvalue weighted by atomic mass is 10.1. The minimum absolute atomic E-state index is 0.419. The molecule has 102 valence electrons. The zero-order valence-electron chi connectivity index (χ0n) is 11.2. The van der Waals surface area contributed by atoms with Gasteiger partial charge in [-0.2, -0.15) is 0 Å². The molecule has 0 radical (unpaired) electrons. The number of nitrogens with one attached hydrogen (secondary N) is 1. The zero-order chi connectivity index (χ0) is 12.4. The number of piperazine rings is 1. The Bertz CT molecular complexity index is 295. The normalized spacial score (nSPS) is 31.4. The number of amides is 1. The molecule has 0 aromatic rings. The van der Waals surface area contributed by atoms with Gasteiger partial charge in [-0.25, -0.2) is 0 Å². The number of hydrogen-bond donors (Lipinski definition) is 1. The van der Waals surface area contributed by atoms with E-state index < -0.39 is 0 Å². The third-order valence-electron chi connectivity index (χ3n) is 4.73. The molecule has 1 N–H and O–H groups in total. The van der Waals surface area contributed by atoms with Crippen molar-refractivity contribution in [2.75, 3.05) is 39.3 Å². The number of carbonyl (C=O) groups excluding carboxylic acids is 1. The van der Waals surface area contributed by atoms with Gasteiger partial charge in [-0.1, -0.05) is 12.8 Å². The molecule has 2 saturated heterocycles. The number of likely N-dealkylation sites (tertiary alicyclic amines) is 1. The summed E-state index contributed by atoms with van der Waals surface area (Å²) < 4.78 is 0. The van der Waals surface area contributed by atoms with Crippen LogP contribution in [0.3, 0.4) is 0 Å². The van der Waals surface area contributed by atoms with Crippen molar-refractivity contribution >= 4 is 5.91 Å². The van der Waals surface area contributed by atoms with Crippen molar-refractivity contribution in [2.24, 2.45) is 5.92 Å². The highest BCUT2D eigenvalue weighted by atomic mass is 16.2. The van der Waals surface area contributed by atoms with Crippen LogP contribution in [-0.2, 0) is 4.79 Å². The van der Waals surface area contributed by atoms with Crippen LogP contribution in [-0.4, -0.2) is 61.0 Å². The minimum atomic E-state index is 0.419. The van der Waals surface area contributed by atoms with Gasteiger partial charge in [0.25, 0.3) is 0 Å². The molecule has 3 fully saturated rings. The van der Waals surface area contributed by atoms with E-state index in [-0.39, 0.29) is 0 Å². The monoisotopic (exact) mass is 251 g/mol. The first kappa shape index (κ1) is 12.4. The molecule has 4 heteroatoms. The molecule has 1 aliphatic carbocycles. The Labute approximate surface area is 110 Å². The van der Waals surface area contributed by atoms with Gasteiger partial charge in [-0.15, -0.1) is 0 Å². The first-order valence-electron chi connectivity index (χ1n) is 7.55. The molecule has 0 aromatic carbocycles. The van der Waals surface area contributed by atoms with Gasteiger partial charge in [0.15, 0.2) is 0 Å². The van der Waals surface area contributed by atoms with Gasteiger partial charge in [0, 0.05) is 51.7 Å². The van der Waals surface area contributed by atoms with Crippen molar-refractivity contribution in [2.45, 2.75) is 38.1 Å². The summed E-state index contributed by atoms with van der Waals surface area (Å²) in [6.07, 6.45) is 5.91. The van der Waals surface area contributed by atoms with E-state index in [1.165, 1.54) is 25.7 Å². The Morgan fingerprint density at radius 3 is 2.61 bits per heavy atom. The van der Waals surface area contributed by atoms with Gasteiger partial charge in [0.05, 0.1) is 0 Å². The number of nitrogens with zero attached hydrogens (tertiary/aromatic N) is 2. The number of hydrogen-bond acceptors (Lipinski definition) is 3.